The van der Waals surface area contributed by atoms with Crippen molar-refractivity contribution in [2.24, 2.45) is 0 Å². The van der Waals surface area contributed by atoms with Crippen LogP contribution < -0.4 is 5.32 Å². The third kappa shape index (κ3) is 3.14. The molecule has 0 heterocycles. The van der Waals surface area contributed by atoms with Crippen LogP contribution in [0.3, 0.4) is 0 Å². The summed E-state index contributed by atoms with van der Waals surface area (Å²) in [6.07, 6.45) is 6.86. The van der Waals surface area contributed by atoms with E-state index in [9.17, 15) is 0 Å². The van der Waals surface area contributed by atoms with Gasteiger partial charge in [-0.25, -0.2) is 0 Å². The molecule has 1 heteroatoms. The topological polar surface area (TPSA) is 12.0 Å². The molecule has 1 aromatic rings. The van der Waals surface area contributed by atoms with Crippen molar-refractivity contribution >= 4 is 0 Å². The van der Waals surface area contributed by atoms with Crippen LogP contribution in [0.25, 0.3) is 0 Å². The average molecular weight is 245 g/mol. The molecule has 1 aromatic carbocycles. The Bertz CT molecular complexity index is 358. The zero-order valence-electron chi connectivity index (χ0n) is 12.1. The summed E-state index contributed by atoms with van der Waals surface area (Å²) in [5.41, 5.74) is 3.29. The predicted octanol–water partition coefficient (Wildman–Crippen LogP) is 4.19. The van der Waals surface area contributed by atoms with E-state index in [1.165, 1.54) is 37.7 Å². The highest BCUT2D eigenvalue weighted by molar-refractivity contribution is 5.29. The fourth-order valence-corrected chi connectivity index (χ4v) is 3.10. The second-order valence-corrected chi connectivity index (χ2v) is 6.24. The molecule has 0 atom stereocenters. The molecule has 1 N–H and O–H groups in total. The van der Waals surface area contributed by atoms with Gasteiger partial charge in [0.1, 0.15) is 0 Å². The molecule has 0 unspecified atom stereocenters. The molecule has 2 rings (SSSR count). The first-order valence-corrected chi connectivity index (χ1v) is 7.43. The maximum absolute atomic E-state index is 3.67. The summed E-state index contributed by atoms with van der Waals surface area (Å²) in [6.45, 7) is 7.79. The minimum absolute atomic E-state index is 0.385. The summed E-state index contributed by atoms with van der Waals surface area (Å²) in [5, 5.41) is 3.67. The molecule has 0 aromatic heterocycles. The van der Waals surface area contributed by atoms with E-state index in [2.05, 4.69) is 50.4 Å². The van der Waals surface area contributed by atoms with Gasteiger partial charge in [-0.05, 0) is 25.3 Å². The molecule has 18 heavy (non-hydrogen) atoms. The Kier molecular flexibility index (Phi) is 4.45. The van der Waals surface area contributed by atoms with Gasteiger partial charge in [0.05, 0.1) is 0 Å². The van der Waals surface area contributed by atoms with Crippen LogP contribution in [-0.4, -0.2) is 12.6 Å². The van der Waals surface area contributed by atoms with Crippen molar-refractivity contribution in [1.82, 2.24) is 5.32 Å². The van der Waals surface area contributed by atoms with Crippen LogP contribution in [0.1, 0.15) is 57.1 Å². The van der Waals surface area contributed by atoms with Crippen LogP contribution in [0.15, 0.2) is 24.3 Å². The van der Waals surface area contributed by atoms with Gasteiger partial charge in [0.25, 0.3) is 0 Å². The Morgan fingerprint density at radius 1 is 1.06 bits per heavy atom. The van der Waals surface area contributed by atoms with E-state index in [4.69, 9.17) is 0 Å². The molecular weight excluding hydrogens is 218 g/mol. The third-order valence-electron chi connectivity index (χ3n) is 4.32. The summed E-state index contributed by atoms with van der Waals surface area (Å²) in [5.74, 6) is 0. The lowest BCUT2D eigenvalue weighted by molar-refractivity contribution is 0.273. The van der Waals surface area contributed by atoms with Crippen LogP contribution in [0.5, 0.6) is 0 Å². The van der Waals surface area contributed by atoms with Gasteiger partial charge in [0, 0.05) is 18.0 Å². The molecule has 0 radical (unpaired) electrons. The number of hydrogen-bond acceptors (Lipinski definition) is 1. The van der Waals surface area contributed by atoms with E-state index in [-0.39, 0.29) is 0 Å². The number of hydrogen-bond donors (Lipinski definition) is 1. The highest BCUT2D eigenvalue weighted by Crippen LogP contribution is 2.39. The lowest BCUT2D eigenvalue weighted by Crippen LogP contribution is -2.42. The van der Waals surface area contributed by atoms with Gasteiger partial charge in [-0.3, -0.25) is 0 Å². The lowest BCUT2D eigenvalue weighted by atomic mass is 9.69. The van der Waals surface area contributed by atoms with Crippen molar-refractivity contribution < 1.29 is 0 Å². The smallest absolute Gasteiger partial charge is 0.00778 e. The van der Waals surface area contributed by atoms with Crippen molar-refractivity contribution in [3.05, 3.63) is 35.4 Å². The van der Waals surface area contributed by atoms with Crippen molar-refractivity contribution in [2.45, 2.75) is 64.3 Å². The third-order valence-corrected chi connectivity index (χ3v) is 4.32. The Balaban J connectivity index is 2.20. The van der Waals surface area contributed by atoms with Crippen molar-refractivity contribution in [3.63, 3.8) is 0 Å². The second-order valence-electron chi connectivity index (χ2n) is 6.24. The van der Waals surface area contributed by atoms with Crippen molar-refractivity contribution in [1.29, 1.82) is 0 Å². The standard InChI is InChI=1S/C17H27N/c1-14(2)18-13-17(11-5-4-6-12-17)16-9-7-15(3)8-10-16/h7-10,14,18H,4-6,11-13H2,1-3H3. The molecule has 0 spiro atoms. The molecule has 0 bridgehead atoms. The fraction of sp³-hybridized carbons (Fsp3) is 0.647. The first-order chi connectivity index (χ1) is 8.62. The van der Waals surface area contributed by atoms with E-state index in [0.717, 1.165) is 6.54 Å². The second kappa shape index (κ2) is 5.88. The zero-order chi connectivity index (χ0) is 13.0. The van der Waals surface area contributed by atoms with Crippen molar-refractivity contribution in [2.75, 3.05) is 6.54 Å². The summed E-state index contributed by atoms with van der Waals surface area (Å²) >= 11 is 0. The van der Waals surface area contributed by atoms with E-state index in [1.54, 1.807) is 5.56 Å². The summed E-state index contributed by atoms with van der Waals surface area (Å²) < 4.78 is 0. The van der Waals surface area contributed by atoms with Gasteiger partial charge in [0.2, 0.25) is 0 Å². The van der Waals surface area contributed by atoms with Crippen LogP contribution in [0.2, 0.25) is 0 Å². The molecule has 1 nitrogen and oxygen atoms in total. The van der Waals surface area contributed by atoms with Gasteiger partial charge < -0.3 is 5.32 Å². The normalized spacial score (nSPS) is 19.1. The van der Waals surface area contributed by atoms with E-state index in [1.807, 2.05) is 0 Å². The minimum Gasteiger partial charge on any atom is -0.314 e. The molecular formula is C17H27N. The van der Waals surface area contributed by atoms with Crippen LogP contribution in [-0.2, 0) is 5.41 Å². The molecule has 1 aliphatic carbocycles. The molecule has 0 saturated heterocycles. The zero-order valence-corrected chi connectivity index (χ0v) is 12.1. The van der Waals surface area contributed by atoms with Crippen LogP contribution in [0.4, 0.5) is 0 Å². The van der Waals surface area contributed by atoms with Crippen LogP contribution >= 0.6 is 0 Å². The lowest BCUT2D eigenvalue weighted by Gasteiger charge is -2.39. The Hall–Kier alpha value is -0.820. The fourth-order valence-electron chi connectivity index (χ4n) is 3.10. The molecule has 1 saturated carbocycles. The number of nitrogens with one attached hydrogen (secondary N) is 1. The Morgan fingerprint density at radius 2 is 1.67 bits per heavy atom. The first-order valence-electron chi connectivity index (χ1n) is 7.43. The largest absolute Gasteiger partial charge is 0.314 e. The predicted molar refractivity (Wildman–Crippen MR) is 79.1 cm³/mol. The SMILES string of the molecule is Cc1ccc(C2(CNC(C)C)CCCCC2)cc1. The number of aryl methyl sites for hydroxylation is 1. The van der Waals surface area contributed by atoms with Crippen LogP contribution in [0, 0.1) is 6.92 Å². The Morgan fingerprint density at radius 3 is 2.22 bits per heavy atom. The minimum atomic E-state index is 0.385. The first kappa shape index (κ1) is 13.6. The molecule has 1 fully saturated rings. The highest BCUT2D eigenvalue weighted by atomic mass is 14.9. The van der Waals surface area contributed by atoms with E-state index < -0.39 is 0 Å². The summed E-state index contributed by atoms with van der Waals surface area (Å²) in [7, 11) is 0. The molecule has 1 aliphatic rings. The summed E-state index contributed by atoms with van der Waals surface area (Å²) in [4.78, 5) is 0. The van der Waals surface area contributed by atoms with Gasteiger partial charge in [-0.2, -0.15) is 0 Å². The quantitative estimate of drug-likeness (QED) is 0.838. The monoisotopic (exact) mass is 245 g/mol. The number of benzene rings is 1. The average Bonchev–Trinajstić information content (AvgIpc) is 2.38. The van der Waals surface area contributed by atoms with Gasteiger partial charge in [0.15, 0.2) is 0 Å². The van der Waals surface area contributed by atoms with E-state index in [0.29, 0.717) is 11.5 Å². The van der Waals surface area contributed by atoms with Crippen molar-refractivity contribution in [3.8, 4) is 0 Å². The maximum Gasteiger partial charge on any atom is 0.00778 e. The highest BCUT2D eigenvalue weighted by Gasteiger charge is 2.33. The van der Waals surface area contributed by atoms with E-state index >= 15 is 0 Å². The summed E-state index contributed by atoms with van der Waals surface area (Å²) in [6, 6.07) is 9.81. The van der Waals surface area contributed by atoms with Gasteiger partial charge in [-0.1, -0.05) is 62.9 Å². The Labute approximate surface area is 112 Å². The molecule has 100 valence electrons. The molecule has 0 aliphatic heterocycles. The number of rotatable bonds is 4. The van der Waals surface area contributed by atoms with Gasteiger partial charge in [-0.15, -0.1) is 0 Å². The maximum atomic E-state index is 3.67. The molecule has 0 amide bonds. The van der Waals surface area contributed by atoms with Gasteiger partial charge >= 0.3 is 0 Å².